The van der Waals surface area contributed by atoms with Gasteiger partial charge >= 0.3 is 0 Å². The molecule has 0 saturated heterocycles. The Hall–Kier alpha value is -1.71. The molecule has 0 radical (unpaired) electrons. The van der Waals surface area contributed by atoms with Crippen molar-refractivity contribution in [1.82, 2.24) is 0 Å². The molecule has 0 fully saturated rings. The zero-order chi connectivity index (χ0) is 12.0. The largest absolute Gasteiger partial charge is 0.490 e. The van der Waals surface area contributed by atoms with Crippen molar-refractivity contribution < 1.29 is 19.0 Å². The van der Waals surface area contributed by atoms with E-state index in [1.165, 1.54) is 0 Å². The van der Waals surface area contributed by atoms with Gasteiger partial charge in [-0.3, -0.25) is 4.79 Å². The van der Waals surface area contributed by atoms with Crippen LogP contribution in [0.2, 0.25) is 0 Å². The van der Waals surface area contributed by atoms with E-state index in [1.54, 1.807) is 19.2 Å². The SMILES string of the molecule is CCOc1cc(C=O)cc(OCC)c1OC. The van der Waals surface area contributed by atoms with Crippen LogP contribution in [0.3, 0.4) is 0 Å². The van der Waals surface area contributed by atoms with Crippen LogP contribution in [0, 0.1) is 0 Å². The summed E-state index contributed by atoms with van der Waals surface area (Å²) in [4.78, 5) is 10.8. The van der Waals surface area contributed by atoms with Crippen LogP contribution in [0.4, 0.5) is 0 Å². The number of carbonyl (C=O) groups excluding carboxylic acids is 1. The Morgan fingerprint density at radius 2 is 1.62 bits per heavy atom. The number of rotatable bonds is 6. The van der Waals surface area contributed by atoms with Crippen molar-refractivity contribution in [2.45, 2.75) is 13.8 Å². The average molecular weight is 224 g/mol. The van der Waals surface area contributed by atoms with Crippen molar-refractivity contribution in [3.05, 3.63) is 17.7 Å². The molecule has 88 valence electrons. The van der Waals surface area contributed by atoms with Crippen molar-refractivity contribution in [2.24, 2.45) is 0 Å². The molecule has 0 unspecified atom stereocenters. The molecular weight excluding hydrogens is 208 g/mol. The third-order valence-electron chi connectivity index (χ3n) is 1.98. The number of aldehydes is 1. The minimum atomic E-state index is 0.504. The Morgan fingerprint density at radius 3 is 1.94 bits per heavy atom. The predicted octanol–water partition coefficient (Wildman–Crippen LogP) is 2.31. The van der Waals surface area contributed by atoms with Crippen molar-refractivity contribution in [3.8, 4) is 17.2 Å². The van der Waals surface area contributed by atoms with Crippen LogP contribution in [0.15, 0.2) is 12.1 Å². The molecule has 0 amide bonds. The number of hydrogen-bond acceptors (Lipinski definition) is 4. The van der Waals surface area contributed by atoms with Crippen molar-refractivity contribution >= 4 is 6.29 Å². The van der Waals surface area contributed by atoms with E-state index in [4.69, 9.17) is 14.2 Å². The van der Waals surface area contributed by atoms with Gasteiger partial charge in [0.15, 0.2) is 11.5 Å². The fraction of sp³-hybridized carbons (Fsp3) is 0.417. The average Bonchev–Trinajstić information content (AvgIpc) is 2.29. The lowest BCUT2D eigenvalue weighted by atomic mass is 10.2. The van der Waals surface area contributed by atoms with Crippen molar-refractivity contribution in [2.75, 3.05) is 20.3 Å². The molecule has 16 heavy (non-hydrogen) atoms. The molecule has 4 heteroatoms. The summed E-state index contributed by atoms with van der Waals surface area (Å²) in [5.74, 6) is 1.57. The third-order valence-corrected chi connectivity index (χ3v) is 1.98. The van der Waals surface area contributed by atoms with Gasteiger partial charge in [0.05, 0.1) is 20.3 Å². The molecule has 4 nitrogen and oxygen atoms in total. The molecule has 0 aliphatic rings. The number of benzene rings is 1. The summed E-state index contributed by atoms with van der Waals surface area (Å²) in [5.41, 5.74) is 0.507. The zero-order valence-electron chi connectivity index (χ0n) is 9.78. The number of ether oxygens (including phenoxy) is 3. The van der Waals surface area contributed by atoms with Crippen LogP contribution < -0.4 is 14.2 Å². The molecule has 0 spiro atoms. The third kappa shape index (κ3) is 2.66. The van der Waals surface area contributed by atoms with E-state index in [0.29, 0.717) is 36.0 Å². The molecule has 0 heterocycles. The zero-order valence-corrected chi connectivity index (χ0v) is 9.78. The van der Waals surface area contributed by atoms with Gasteiger partial charge in [-0.15, -0.1) is 0 Å². The maximum Gasteiger partial charge on any atom is 0.203 e. The lowest BCUT2D eigenvalue weighted by Crippen LogP contribution is -2.01. The minimum absolute atomic E-state index is 0.504. The Kier molecular flexibility index (Phi) is 4.64. The summed E-state index contributed by atoms with van der Waals surface area (Å²) in [6.45, 7) is 4.75. The highest BCUT2D eigenvalue weighted by atomic mass is 16.5. The van der Waals surface area contributed by atoms with E-state index in [9.17, 15) is 4.79 Å². The molecule has 1 aromatic carbocycles. The van der Waals surface area contributed by atoms with Gasteiger partial charge in [-0.2, -0.15) is 0 Å². The normalized spacial score (nSPS) is 9.69. The molecular formula is C12H16O4. The summed E-state index contributed by atoms with van der Waals surface area (Å²) < 4.78 is 16.0. The van der Waals surface area contributed by atoms with E-state index in [-0.39, 0.29) is 0 Å². The van der Waals surface area contributed by atoms with E-state index in [1.807, 2.05) is 13.8 Å². The smallest absolute Gasteiger partial charge is 0.203 e. The number of carbonyl (C=O) groups is 1. The van der Waals surface area contributed by atoms with Gasteiger partial charge in [0.25, 0.3) is 0 Å². The first-order valence-electron chi connectivity index (χ1n) is 5.19. The van der Waals surface area contributed by atoms with E-state index < -0.39 is 0 Å². The van der Waals surface area contributed by atoms with Crippen LogP contribution in [0.25, 0.3) is 0 Å². The highest BCUT2D eigenvalue weighted by Crippen LogP contribution is 2.38. The second-order valence-electron chi connectivity index (χ2n) is 3.03. The van der Waals surface area contributed by atoms with Crippen molar-refractivity contribution in [1.29, 1.82) is 0 Å². The van der Waals surface area contributed by atoms with Crippen LogP contribution in [0.1, 0.15) is 24.2 Å². The molecule has 1 aromatic rings. The standard InChI is InChI=1S/C12H16O4/c1-4-15-10-6-9(8-13)7-11(16-5-2)12(10)14-3/h6-8H,4-5H2,1-3H3. The quantitative estimate of drug-likeness (QED) is 0.695. The first kappa shape index (κ1) is 12.4. The molecule has 0 aliphatic carbocycles. The van der Waals surface area contributed by atoms with Gasteiger partial charge in [0, 0.05) is 5.56 Å². The Balaban J connectivity index is 3.21. The van der Waals surface area contributed by atoms with Crippen LogP contribution in [-0.2, 0) is 0 Å². The summed E-state index contributed by atoms with van der Waals surface area (Å²) in [6.07, 6.45) is 0.754. The lowest BCUT2D eigenvalue weighted by molar-refractivity contribution is 0.112. The Morgan fingerprint density at radius 1 is 1.12 bits per heavy atom. The monoisotopic (exact) mass is 224 g/mol. The maximum absolute atomic E-state index is 10.8. The van der Waals surface area contributed by atoms with E-state index >= 15 is 0 Å². The highest BCUT2D eigenvalue weighted by Gasteiger charge is 2.13. The number of methoxy groups -OCH3 is 1. The summed E-state index contributed by atoms with van der Waals surface area (Å²) in [7, 11) is 1.54. The fourth-order valence-corrected chi connectivity index (χ4v) is 1.39. The van der Waals surface area contributed by atoms with Gasteiger partial charge in [0.1, 0.15) is 6.29 Å². The Labute approximate surface area is 95.1 Å². The number of hydrogen-bond donors (Lipinski definition) is 0. The maximum atomic E-state index is 10.8. The Bertz CT molecular complexity index is 333. The molecule has 0 saturated carbocycles. The van der Waals surface area contributed by atoms with Crippen molar-refractivity contribution in [3.63, 3.8) is 0 Å². The van der Waals surface area contributed by atoms with Gasteiger partial charge in [0.2, 0.25) is 5.75 Å². The molecule has 0 atom stereocenters. The second-order valence-corrected chi connectivity index (χ2v) is 3.03. The molecule has 0 aromatic heterocycles. The van der Waals surface area contributed by atoms with Gasteiger partial charge in [-0.05, 0) is 26.0 Å². The first-order valence-corrected chi connectivity index (χ1v) is 5.19. The molecule has 0 bridgehead atoms. The lowest BCUT2D eigenvalue weighted by Gasteiger charge is -2.14. The van der Waals surface area contributed by atoms with Crippen LogP contribution in [-0.4, -0.2) is 26.6 Å². The van der Waals surface area contributed by atoms with Crippen LogP contribution in [0.5, 0.6) is 17.2 Å². The second kappa shape index (κ2) is 6.00. The predicted molar refractivity (Wildman–Crippen MR) is 60.7 cm³/mol. The molecule has 0 aliphatic heterocycles. The van der Waals surface area contributed by atoms with E-state index in [2.05, 4.69) is 0 Å². The fourth-order valence-electron chi connectivity index (χ4n) is 1.39. The van der Waals surface area contributed by atoms with Crippen LogP contribution >= 0.6 is 0 Å². The van der Waals surface area contributed by atoms with E-state index in [0.717, 1.165) is 6.29 Å². The topological polar surface area (TPSA) is 44.8 Å². The van der Waals surface area contributed by atoms with Gasteiger partial charge < -0.3 is 14.2 Å². The molecule has 1 rings (SSSR count). The molecule has 0 N–H and O–H groups in total. The first-order chi connectivity index (χ1) is 7.76. The summed E-state index contributed by atoms with van der Waals surface area (Å²) >= 11 is 0. The minimum Gasteiger partial charge on any atom is -0.490 e. The summed E-state index contributed by atoms with van der Waals surface area (Å²) in [5, 5.41) is 0. The highest BCUT2D eigenvalue weighted by molar-refractivity contribution is 5.78. The van der Waals surface area contributed by atoms with Gasteiger partial charge in [-0.25, -0.2) is 0 Å². The summed E-state index contributed by atoms with van der Waals surface area (Å²) in [6, 6.07) is 3.27. The van der Waals surface area contributed by atoms with Gasteiger partial charge in [-0.1, -0.05) is 0 Å².